The second kappa shape index (κ2) is 12.3. The average Bonchev–Trinajstić information content (AvgIpc) is 3.49. The van der Waals surface area contributed by atoms with Crippen molar-refractivity contribution in [2.24, 2.45) is 5.14 Å². The molecule has 3 fully saturated rings. The summed E-state index contributed by atoms with van der Waals surface area (Å²) in [5.74, 6) is 0.878. The average molecular weight is 681 g/mol. The third-order valence-corrected chi connectivity index (χ3v) is 12.4. The van der Waals surface area contributed by atoms with Crippen molar-refractivity contribution in [2.45, 2.75) is 80.3 Å². The Bertz CT molecular complexity index is 1890. The lowest BCUT2D eigenvalue weighted by Crippen LogP contribution is -2.49. The van der Waals surface area contributed by atoms with Crippen LogP contribution < -0.4 is 5.14 Å². The summed E-state index contributed by atoms with van der Waals surface area (Å²) in [6, 6.07) is 22.5. The number of nitrogens with zero attached hydrogens (tertiary/aromatic N) is 4. The number of likely N-dealkylation sites (tertiary alicyclic amines) is 1. The van der Waals surface area contributed by atoms with Gasteiger partial charge in [-0.15, -0.1) is 0 Å². The van der Waals surface area contributed by atoms with E-state index in [2.05, 4.69) is 52.8 Å². The molecule has 3 aliphatic heterocycles. The smallest absolute Gasteiger partial charge is 0.253 e. The van der Waals surface area contributed by atoms with E-state index in [4.69, 9.17) is 33.3 Å². The van der Waals surface area contributed by atoms with Gasteiger partial charge in [0.05, 0.1) is 16.1 Å². The number of hydrogen-bond donors (Lipinski definition) is 1. The van der Waals surface area contributed by atoms with Crippen LogP contribution >= 0.6 is 23.2 Å². The summed E-state index contributed by atoms with van der Waals surface area (Å²) in [5.41, 5.74) is 3.67. The Morgan fingerprint density at radius 2 is 1.67 bits per heavy atom. The number of aromatic nitrogens is 2. The molecule has 3 atom stereocenters. The summed E-state index contributed by atoms with van der Waals surface area (Å²) in [4.78, 5) is 22.7. The van der Waals surface area contributed by atoms with Gasteiger partial charge >= 0.3 is 0 Å². The number of imidazole rings is 1. The Labute approximate surface area is 280 Å². The number of nitrogens with two attached hydrogens (primary N) is 1. The fraction of sp³-hybridized carbons (Fsp3) is 0.429. The van der Waals surface area contributed by atoms with Gasteiger partial charge in [0.15, 0.2) is 0 Å². The summed E-state index contributed by atoms with van der Waals surface area (Å²) in [5, 5.41) is 6.06. The number of carbonyl (C=O) groups excluding carboxylic acids is 1. The van der Waals surface area contributed by atoms with Gasteiger partial charge in [-0.25, -0.2) is 18.5 Å². The molecule has 3 aromatic carbocycles. The van der Waals surface area contributed by atoms with Crippen molar-refractivity contribution in [3.05, 3.63) is 93.7 Å². The normalized spacial score (nSPS) is 23.2. The van der Waals surface area contributed by atoms with Crippen molar-refractivity contribution in [2.75, 3.05) is 19.6 Å². The Balaban J connectivity index is 1.08. The summed E-state index contributed by atoms with van der Waals surface area (Å²) < 4.78 is 26.5. The zero-order valence-electron chi connectivity index (χ0n) is 25.9. The van der Waals surface area contributed by atoms with Crippen molar-refractivity contribution >= 4 is 50.2 Å². The summed E-state index contributed by atoms with van der Waals surface area (Å²) in [6.07, 6.45) is 7.28. The molecule has 0 spiro atoms. The van der Waals surface area contributed by atoms with Gasteiger partial charge in [0.2, 0.25) is 10.0 Å². The first-order valence-electron chi connectivity index (χ1n) is 16.1. The largest absolute Gasteiger partial charge is 0.339 e. The van der Waals surface area contributed by atoms with Gasteiger partial charge in [-0.2, -0.15) is 0 Å². The first-order valence-corrected chi connectivity index (χ1v) is 18.4. The van der Waals surface area contributed by atoms with Gasteiger partial charge in [-0.3, -0.25) is 9.69 Å². The molecule has 8 nitrogen and oxygen atoms in total. The fourth-order valence-corrected chi connectivity index (χ4v) is 9.73. The number of primary sulfonamides is 1. The highest BCUT2D eigenvalue weighted by atomic mass is 35.5. The van der Waals surface area contributed by atoms with E-state index in [1.807, 2.05) is 17.0 Å². The molecule has 3 aliphatic rings. The van der Waals surface area contributed by atoms with E-state index >= 15 is 0 Å². The van der Waals surface area contributed by atoms with Crippen molar-refractivity contribution in [3.63, 3.8) is 0 Å². The molecule has 46 heavy (non-hydrogen) atoms. The Morgan fingerprint density at radius 1 is 0.957 bits per heavy atom. The van der Waals surface area contributed by atoms with Gasteiger partial charge in [0, 0.05) is 41.8 Å². The molecule has 0 unspecified atom stereocenters. The SMILES string of the molecule is Cc1nc2ccccc2n1[C@H]1C[C@H]2CC[C@@H](C1)N2CCC1(c2cccc(Cl)c2)CCN(C(=O)c2ccc(Cl)c(S(N)(=O)=O)c2)CC1. The second-order valence-corrected chi connectivity index (χ2v) is 15.7. The molecule has 1 aromatic heterocycles. The maximum atomic E-state index is 13.5. The van der Waals surface area contributed by atoms with Gasteiger partial charge in [0.25, 0.3) is 5.91 Å². The highest BCUT2D eigenvalue weighted by Crippen LogP contribution is 2.45. The topological polar surface area (TPSA) is 102 Å². The predicted octanol–water partition coefficient (Wildman–Crippen LogP) is 6.73. The lowest BCUT2D eigenvalue weighted by molar-refractivity contribution is 0.0606. The standard InChI is InChI=1S/C35H39Cl2N5O3S/c1-23-39-31-7-2-3-8-32(31)42(23)29-21-27-10-11-28(22-29)41(27)18-15-35(25-5-4-6-26(36)20-25)13-16-40(17-14-35)34(43)24-9-12-30(37)33(19-24)46(38,44)45/h2-9,12,19-20,27-29H,10-11,13-18,21-22H2,1H3,(H2,38,44,45)/t27-,28+,29+. The number of sulfonamides is 1. The number of hydrogen-bond acceptors (Lipinski definition) is 5. The van der Waals surface area contributed by atoms with Crippen LogP contribution in [0.3, 0.4) is 0 Å². The number of carbonyl (C=O) groups is 1. The molecule has 4 aromatic rings. The molecule has 0 saturated carbocycles. The fourth-order valence-electron chi connectivity index (χ4n) is 8.47. The molecular formula is C35H39Cl2N5O3S. The Morgan fingerprint density at radius 3 is 2.37 bits per heavy atom. The number of para-hydroxylation sites is 2. The molecule has 2 bridgehead atoms. The van der Waals surface area contributed by atoms with Crippen molar-refractivity contribution < 1.29 is 13.2 Å². The summed E-state index contributed by atoms with van der Waals surface area (Å²) >= 11 is 12.6. The minimum atomic E-state index is -4.05. The van der Waals surface area contributed by atoms with E-state index < -0.39 is 10.0 Å². The van der Waals surface area contributed by atoms with Crippen molar-refractivity contribution in [3.8, 4) is 0 Å². The molecule has 0 aliphatic carbocycles. The Kier molecular flexibility index (Phi) is 8.43. The van der Waals surface area contributed by atoms with E-state index in [0.29, 0.717) is 31.2 Å². The first-order chi connectivity index (χ1) is 22.0. The van der Waals surface area contributed by atoms with Crippen LogP contribution in [-0.2, 0) is 15.4 Å². The zero-order chi connectivity index (χ0) is 32.2. The van der Waals surface area contributed by atoms with Gasteiger partial charge in [-0.05, 0) is 112 Å². The molecule has 2 N–H and O–H groups in total. The van der Waals surface area contributed by atoms with Crippen molar-refractivity contribution in [1.82, 2.24) is 19.4 Å². The zero-order valence-corrected chi connectivity index (χ0v) is 28.2. The predicted molar refractivity (Wildman–Crippen MR) is 182 cm³/mol. The van der Waals surface area contributed by atoms with E-state index in [0.717, 1.165) is 55.0 Å². The molecule has 1 amide bonds. The highest BCUT2D eigenvalue weighted by Gasteiger charge is 2.44. The van der Waals surface area contributed by atoms with Crippen molar-refractivity contribution in [1.29, 1.82) is 0 Å². The third kappa shape index (κ3) is 5.85. The molecule has 4 heterocycles. The Hall–Kier alpha value is -2.95. The van der Waals surface area contributed by atoms with Crippen LogP contribution in [0.25, 0.3) is 11.0 Å². The first kappa shape index (κ1) is 31.6. The van der Waals surface area contributed by atoms with Crippen LogP contribution in [-0.4, -0.2) is 65.4 Å². The van der Waals surface area contributed by atoms with E-state index in [1.165, 1.54) is 36.1 Å². The van der Waals surface area contributed by atoms with E-state index in [-0.39, 0.29) is 26.8 Å². The minimum absolute atomic E-state index is 0.00387. The van der Waals surface area contributed by atoms with E-state index in [1.54, 1.807) is 6.07 Å². The quantitative estimate of drug-likeness (QED) is 0.233. The number of amides is 1. The summed E-state index contributed by atoms with van der Waals surface area (Å²) in [6.45, 7) is 4.24. The number of rotatable bonds is 7. The van der Waals surface area contributed by atoms with Crippen LogP contribution in [0, 0.1) is 6.92 Å². The monoisotopic (exact) mass is 679 g/mol. The third-order valence-electron chi connectivity index (χ3n) is 10.8. The minimum Gasteiger partial charge on any atom is -0.339 e. The van der Waals surface area contributed by atoms with Gasteiger partial charge in [0.1, 0.15) is 10.7 Å². The van der Waals surface area contributed by atoms with Gasteiger partial charge in [-0.1, -0.05) is 47.5 Å². The summed E-state index contributed by atoms with van der Waals surface area (Å²) in [7, 11) is -4.05. The van der Waals surface area contributed by atoms with Crippen LogP contribution in [0.15, 0.2) is 71.6 Å². The molecule has 3 saturated heterocycles. The highest BCUT2D eigenvalue weighted by molar-refractivity contribution is 7.89. The van der Waals surface area contributed by atoms with Crippen LogP contribution in [0.5, 0.6) is 0 Å². The van der Waals surface area contributed by atoms with E-state index in [9.17, 15) is 13.2 Å². The van der Waals surface area contributed by atoms with Crippen LogP contribution in [0.1, 0.15) is 72.7 Å². The molecule has 11 heteroatoms. The molecule has 7 rings (SSSR count). The number of piperidine rings is 2. The maximum Gasteiger partial charge on any atom is 0.253 e. The number of benzene rings is 3. The number of halogens is 2. The maximum absolute atomic E-state index is 13.5. The lowest BCUT2D eigenvalue weighted by Gasteiger charge is -2.45. The van der Waals surface area contributed by atoms with Crippen LogP contribution in [0.2, 0.25) is 10.0 Å². The number of fused-ring (bicyclic) bond motifs is 3. The van der Waals surface area contributed by atoms with Gasteiger partial charge < -0.3 is 9.47 Å². The second-order valence-electron chi connectivity index (χ2n) is 13.3. The molecular weight excluding hydrogens is 641 g/mol. The molecule has 242 valence electrons. The lowest BCUT2D eigenvalue weighted by atomic mass is 9.70. The molecule has 0 radical (unpaired) electrons. The number of aryl methyl sites for hydroxylation is 1. The van der Waals surface area contributed by atoms with Crippen LogP contribution in [0.4, 0.5) is 0 Å².